The normalized spacial score (nSPS) is 10.1. The molecule has 0 atom stereocenters. The first-order chi connectivity index (χ1) is 8.66. The third-order valence-corrected chi connectivity index (χ3v) is 2.99. The van der Waals surface area contributed by atoms with Crippen molar-refractivity contribution in [3.63, 3.8) is 0 Å². The van der Waals surface area contributed by atoms with Gasteiger partial charge in [-0.1, -0.05) is 29.9 Å². The number of hydrogen-bond donors (Lipinski definition) is 2. The number of anilines is 1. The minimum Gasteiger partial charge on any atom is -0.389 e. The molecular weight excluding hydrogens is 266 g/mol. The van der Waals surface area contributed by atoms with Crippen LogP contribution in [-0.4, -0.2) is 9.97 Å². The third kappa shape index (κ3) is 3.18. The first-order valence-electron chi connectivity index (χ1n) is 5.40. The van der Waals surface area contributed by atoms with Crippen molar-refractivity contribution in [2.45, 2.75) is 6.54 Å². The molecule has 0 aliphatic heterocycles. The fourth-order valence-corrected chi connectivity index (χ4v) is 1.87. The van der Waals surface area contributed by atoms with Crippen molar-refractivity contribution in [3.05, 3.63) is 58.9 Å². The molecule has 0 bridgehead atoms. The first kappa shape index (κ1) is 12.8. The molecule has 1 aromatic heterocycles. The molecule has 0 spiro atoms. The number of benzene rings is 1. The van der Waals surface area contributed by atoms with E-state index in [1.54, 1.807) is 12.3 Å². The SMILES string of the molecule is NC(=S)c1ccc(NCc2ccccn2)c(Cl)c1. The summed E-state index contributed by atoms with van der Waals surface area (Å²) in [6, 6.07) is 11.2. The van der Waals surface area contributed by atoms with Crippen LogP contribution in [0.1, 0.15) is 11.3 Å². The summed E-state index contributed by atoms with van der Waals surface area (Å²) in [4.78, 5) is 4.56. The maximum atomic E-state index is 6.14. The molecule has 0 fully saturated rings. The summed E-state index contributed by atoms with van der Waals surface area (Å²) in [6.45, 7) is 0.618. The highest BCUT2D eigenvalue weighted by atomic mass is 35.5. The second-order valence-electron chi connectivity index (χ2n) is 3.73. The Morgan fingerprint density at radius 2 is 2.17 bits per heavy atom. The van der Waals surface area contributed by atoms with E-state index in [1.807, 2.05) is 30.3 Å². The molecule has 0 saturated carbocycles. The molecule has 1 heterocycles. The molecule has 0 amide bonds. The van der Waals surface area contributed by atoms with Crippen LogP contribution in [0.25, 0.3) is 0 Å². The van der Waals surface area contributed by atoms with Gasteiger partial charge in [0, 0.05) is 11.8 Å². The number of aromatic nitrogens is 1. The van der Waals surface area contributed by atoms with Gasteiger partial charge in [0.2, 0.25) is 0 Å². The molecule has 2 aromatic rings. The fourth-order valence-electron chi connectivity index (χ4n) is 1.50. The third-order valence-electron chi connectivity index (χ3n) is 2.44. The zero-order valence-corrected chi connectivity index (χ0v) is 11.1. The van der Waals surface area contributed by atoms with Gasteiger partial charge < -0.3 is 11.1 Å². The predicted molar refractivity (Wildman–Crippen MR) is 78.9 cm³/mol. The number of rotatable bonds is 4. The Balaban J connectivity index is 2.08. The minimum atomic E-state index is 0.341. The molecule has 0 unspecified atom stereocenters. The van der Waals surface area contributed by atoms with Crippen LogP contribution in [0, 0.1) is 0 Å². The molecule has 0 saturated heterocycles. The van der Waals surface area contributed by atoms with Crippen LogP contribution in [0.3, 0.4) is 0 Å². The first-order valence-corrected chi connectivity index (χ1v) is 6.18. The van der Waals surface area contributed by atoms with Crippen molar-refractivity contribution in [1.29, 1.82) is 0 Å². The number of nitrogens with two attached hydrogens (primary N) is 1. The maximum Gasteiger partial charge on any atom is 0.104 e. The van der Waals surface area contributed by atoms with Crippen LogP contribution in [-0.2, 0) is 6.54 Å². The number of halogens is 1. The molecule has 3 N–H and O–H groups in total. The molecule has 2 rings (SSSR count). The van der Waals surface area contributed by atoms with Gasteiger partial charge in [-0.2, -0.15) is 0 Å². The van der Waals surface area contributed by atoms with Gasteiger partial charge in [0.25, 0.3) is 0 Å². The zero-order chi connectivity index (χ0) is 13.0. The Kier molecular flexibility index (Phi) is 4.12. The van der Waals surface area contributed by atoms with Gasteiger partial charge >= 0.3 is 0 Å². The van der Waals surface area contributed by atoms with Gasteiger partial charge in [0.1, 0.15) is 4.99 Å². The van der Waals surface area contributed by atoms with Crippen LogP contribution in [0.4, 0.5) is 5.69 Å². The second kappa shape index (κ2) is 5.80. The quantitative estimate of drug-likeness (QED) is 0.844. The van der Waals surface area contributed by atoms with Crippen LogP contribution >= 0.6 is 23.8 Å². The van der Waals surface area contributed by atoms with E-state index < -0.39 is 0 Å². The summed E-state index contributed by atoms with van der Waals surface area (Å²) in [5, 5.41) is 3.81. The van der Waals surface area contributed by atoms with E-state index in [4.69, 9.17) is 29.6 Å². The lowest BCUT2D eigenvalue weighted by Gasteiger charge is -2.09. The fraction of sp³-hybridized carbons (Fsp3) is 0.0769. The van der Waals surface area contributed by atoms with E-state index in [-0.39, 0.29) is 0 Å². The van der Waals surface area contributed by atoms with E-state index in [2.05, 4.69) is 10.3 Å². The summed E-state index contributed by atoms with van der Waals surface area (Å²) in [5.74, 6) is 0. The van der Waals surface area contributed by atoms with Gasteiger partial charge in [-0.15, -0.1) is 0 Å². The number of thiocarbonyl (C=S) groups is 1. The van der Waals surface area contributed by atoms with Gasteiger partial charge in [0.05, 0.1) is 22.9 Å². The lowest BCUT2D eigenvalue weighted by atomic mass is 10.2. The van der Waals surface area contributed by atoms with Crippen molar-refractivity contribution in [1.82, 2.24) is 4.98 Å². The number of nitrogens with one attached hydrogen (secondary N) is 1. The van der Waals surface area contributed by atoms with E-state index in [0.29, 0.717) is 16.6 Å². The Morgan fingerprint density at radius 1 is 1.33 bits per heavy atom. The van der Waals surface area contributed by atoms with E-state index in [1.165, 1.54) is 0 Å². The molecule has 3 nitrogen and oxygen atoms in total. The standard InChI is InChI=1S/C13H12ClN3S/c14-11-7-9(13(15)18)4-5-12(11)17-8-10-3-1-2-6-16-10/h1-7,17H,8H2,(H2,15,18). The summed E-state index contributed by atoms with van der Waals surface area (Å²) >= 11 is 11.0. The Labute approximate surface area is 116 Å². The van der Waals surface area contributed by atoms with E-state index in [0.717, 1.165) is 16.9 Å². The van der Waals surface area contributed by atoms with Crippen molar-refractivity contribution in [2.75, 3.05) is 5.32 Å². The van der Waals surface area contributed by atoms with E-state index in [9.17, 15) is 0 Å². The molecule has 1 aromatic carbocycles. The van der Waals surface area contributed by atoms with E-state index >= 15 is 0 Å². The Bertz CT molecular complexity index is 557. The molecule has 5 heteroatoms. The van der Waals surface area contributed by atoms with Crippen LogP contribution in [0.15, 0.2) is 42.6 Å². The van der Waals surface area contributed by atoms with Crippen molar-refractivity contribution < 1.29 is 0 Å². The van der Waals surface area contributed by atoms with Gasteiger partial charge in [-0.05, 0) is 30.3 Å². The monoisotopic (exact) mass is 277 g/mol. The lowest BCUT2D eigenvalue weighted by Crippen LogP contribution is -2.09. The summed E-state index contributed by atoms with van der Waals surface area (Å²) in [6.07, 6.45) is 1.76. The molecular formula is C13H12ClN3S. The second-order valence-corrected chi connectivity index (χ2v) is 4.58. The molecule has 0 aliphatic rings. The van der Waals surface area contributed by atoms with Crippen LogP contribution in [0.2, 0.25) is 5.02 Å². The minimum absolute atomic E-state index is 0.341. The van der Waals surface area contributed by atoms with Crippen molar-refractivity contribution >= 4 is 34.5 Å². The Morgan fingerprint density at radius 3 is 2.78 bits per heavy atom. The molecule has 0 aliphatic carbocycles. The maximum absolute atomic E-state index is 6.14. The van der Waals surface area contributed by atoms with Gasteiger partial charge in [0.15, 0.2) is 0 Å². The summed E-state index contributed by atoms with van der Waals surface area (Å²) in [5.41, 5.74) is 8.09. The largest absolute Gasteiger partial charge is 0.389 e. The zero-order valence-electron chi connectivity index (χ0n) is 9.56. The number of nitrogens with zero attached hydrogens (tertiary/aromatic N) is 1. The topological polar surface area (TPSA) is 50.9 Å². The lowest BCUT2D eigenvalue weighted by molar-refractivity contribution is 1.05. The van der Waals surface area contributed by atoms with Gasteiger partial charge in [-0.3, -0.25) is 4.98 Å². The summed E-state index contributed by atoms with van der Waals surface area (Å²) < 4.78 is 0. The Hall–Kier alpha value is -1.65. The smallest absolute Gasteiger partial charge is 0.104 e. The number of hydrogen-bond acceptors (Lipinski definition) is 3. The van der Waals surface area contributed by atoms with Crippen LogP contribution < -0.4 is 11.1 Å². The number of pyridine rings is 1. The van der Waals surface area contributed by atoms with Crippen LogP contribution in [0.5, 0.6) is 0 Å². The van der Waals surface area contributed by atoms with Gasteiger partial charge in [-0.25, -0.2) is 0 Å². The summed E-state index contributed by atoms with van der Waals surface area (Å²) in [7, 11) is 0. The highest BCUT2D eigenvalue weighted by Gasteiger charge is 2.03. The molecule has 0 radical (unpaired) electrons. The predicted octanol–water partition coefficient (Wildman–Crippen LogP) is 2.98. The average Bonchev–Trinajstić information content (AvgIpc) is 2.38. The average molecular weight is 278 g/mol. The van der Waals surface area contributed by atoms with Crippen molar-refractivity contribution in [3.8, 4) is 0 Å². The van der Waals surface area contributed by atoms with Crippen molar-refractivity contribution in [2.24, 2.45) is 5.73 Å². The highest BCUT2D eigenvalue weighted by molar-refractivity contribution is 7.80. The highest BCUT2D eigenvalue weighted by Crippen LogP contribution is 2.23. The molecule has 92 valence electrons. The molecule has 18 heavy (non-hydrogen) atoms.